The Morgan fingerprint density at radius 2 is 1.23 bits per heavy atom. The van der Waals surface area contributed by atoms with E-state index in [0.29, 0.717) is 0 Å². The molecule has 1 N–H and O–H groups in total. The molecule has 4 aromatic carbocycles. The van der Waals surface area contributed by atoms with Gasteiger partial charge in [0.25, 0.3) is 0 Å². The minimum absolute atomic E-state index is 0.217. The molecule has 0 spiro atoms. The van der Waals surface area contributed by atoms with Crippen LogP contribution in [0.5, 0.6) is 0 Å². The molecule has 0 aliphatic heterocycles. The van der Waals surface area contributed by atoms with E-state index >= 15 is 0 Å². The second-order valence-corrected chi connectivity index (χ2v) is 7.64. The van der Waals surface area contributed by atoms with E-state index in [1.165, 1.54) is 12.1 Å². The molecule has 0 saturated carbocycles. The minimum atomic E-state index is -0.236. The number of H-pyrrole nitrogens is 1. The van der Waals surface area contributed by atoms with Gasteiger partial charge < -0.3 is 4.98 Å². The quantitative estimate of drug-likeness (QED) is 0.297. The third-order valence-corrected chi connectivity index (χ3v) is 6.35. The summed E-state index contributed by atoms with van der Waals surface area (Å²) in [6, 6.07) is 18.0. The van der Waals surface area contributed by atoms with Crippen LogP contribution in [0.2, 0.25) is 0 Å². The highest BCUT2D eigenvalue weighted by atomic mass is 32.1. The SMILES string of the molecule is Fc1ccc2[nH]c3c(ccc4c3ccc3c5cc(F)ccc5sc34)c2c1. The van der Waals surface area contributed by atoms with Gasteiger partial charge in [-0.25, -0.2) is 8.78 Å². The number of thiophene rings is 1. The average molecular weight is 359 g/mol. The Balaban J connectivity index is 1.81. The fraction of sp³-hybridized carbons (Fsp3) is 0. The largest absolute Gasteiger partial charge is 0.354 e. The van der Waals surface area contributed by atoms with Crippen molar-refractivity contribution in [1.82, 2.24) is 4.98 Å². The van der Waals surface area contributed by atoms with Crippen molar-refractivity contribution >= 4 is 64.1 Å². The van der Waals surface area contributed by atoms with E-state index in [0.717, 1.165) is 52.8 Å². The maximum atomic E-state index is 13.7. The second kappa shape index (κ2) is 4.80. The zero-order chi connectivity index (χ0) is 17.4. The van der Waals surface area contributed by atoms with Crippen molar-refractivity contribution in [2.24, 2.45) is 0 Å². The number of rotatable bonds is 0. The van der Waals surface area contributed by atoms with E-state index in [2.05, 4.69) is 23.2 Å². The maximum Gasteiger partial charge on any atom is 0.123 e. The molecule has 0 atom stereocenters. The van der Waals surface area contributed by atoms with E-state index in [-0.39, 0.29) is 11.6 Å². The number of nitrogens with one attached hydrogen (secondary N) is 1. The van der Waals surface area contributed by atoms with Crippen molar-refractivity contribution in [3.8, 4) is 0 Å². The minimum Gasteiger partial charge on any atom is -0.354 e. The number of hydrogen-bond acceptors (Lipinski definition) is 1. The van der Waals surface area contributed by atoms with Gasteiger partial charge in [0.2, 0.25) is 0 Å². The van der Waals surface area contributed by atoms with Crippen LogP contribution in [0.15, 0.2) is 60.7 Å². The van der Waals surface area contributed by atoms with Gasteiger partial charge in [0.1, 0.15) is 11.6 Å². The lowest BCUT2D eigenvalue weighted by Gasteiger charge is -2.02. The molecule has 0 saturated heterocycles. The number of halogens is 2. The number of hydrogen-bond donors (Lipinski definition) is 1. The zero-order valence-electron chi connectivity index (χ0n) is 13.4. The Labute approximate surface area is 150 Å². The smallest absolute Gasteiger partial charge is 0.123 e. The van der Waals surface area contributed by atoms with Crippen molar-refractivity contribution in [3.05, 3.63) is 72.3 Å². The van der Waals surface area contributed by atoms with Crippen LogP contribution in [-0.4, -0.2) is 4.98 Å². The van der Waals surface area contributed by atoms with Crippen LogP contribution >= 0.6 is 11.3 Å². The van der Waals surface area contributed by atoms with E-state index in [4.69, 9.17) is 0 Å². The number of fused-ring (bicyclic) bond motifs is 9. The first kappa shape index (κ1) is 14.2. The first-order valence-electron chi connectivity index (χ1n) is 8.33. The Morgan fingerprint density at radius 3 is 2.04 bits per heavy atom. The van der Waals surface area contributed by atoms with Gasteiger partial charge in [0, 0.05) is 47.2 Å². The van der Waals surface area contributed by atoms with Gasteiger partial charge in [-0.05, 0) is 36.4 Å². The van der Waals surface area contributed by atoms with Crippen LogP contribution < -0.4 is 0 Å². The van der Waals surface area contributed by atoms with Gasteiger partial charge in [-0.3, -0.25) is 0 Å². The summed E-state index contributed by atoms with van der Waals surface area (Å²) in [5.74, 6) is -0.453. The highest BCUT2D eigenvalue weighted by Crippen LogP contribution is 2.41. The summed E-state index contributed by atoms with van der Waals surface area (Å²) < 4.78 is 29.6. The normalized spacial score (nSPS) is 12.2. The van der Waals surface area contributed by atoms with Crippen LogP contribution in [0.4, 0.5) is 8.78 Å². The van der Waals surface area contributed by atoms with Gasteiger partial charge in [-0.2, -0.15) is 0 Å². The molecule has 1 nitrogen and oxygen atoms in total. The summed E-state index contributed by atoms with van der Waals surface area (Å²) in [7, 11) is 0. The van der Waals surface area contributed by atoms with Crippen LogP contribution in [0.1, 0.15) is 0 Å². The summed E-state index contributed by atoms with van der Waals surface area (Å²) in [5.41, 5.74) is 1.93. The average Bonchev–Trinajstić information content (AvgIpc) is 3.19. The number of aromatic nitrogens is 1. The van der Waals surface area contributed by atoms with Gasteiger partial charge >= 0.3 is 0 Å². The molecule has 0 aliphatic carbocycles. The summed E-state index contributed by atoms with van der Waals surface area (Å²) in [6.45, 7) is 0. The molecular formula is C22H11F2NS. The number of benzene rings is 4. The molecule has 0 radical (unpaired) electrons. The van der Waals surface area contributed by atoms with E-state index in [9.17, 15) is 8.78 Å². The van der Waals surface area contributed by atoms with Gasteiger partial charge in [-0.1, -0.05) is 24.3 Å². The molecule has 0 fully saturated rings. The van der Waals surface area contributed by atoms with Gasteiger partial charge in [0.15, 0.2) is 0 Å². The van der Waals surface area contributed by atoms with Gasteiger partial charge in [0.05, 0.1) is 5.52 Å². The van der Waals surface area contributed by atoms with E-state index in [1.54, 1.807) is 29.5 Å². The molecule has 0 aliphatic rings. The first-order chi connectivity index (χ1) is 12.7. The lowest BCUT2D eigenvalue weighted by Crippen LogP contribution is -1.77. The summed E-state index contributed by atoms with van der Waals surface area (Å²) in [5, 5.41) is 6.14. The molecule has 2 heterocycles. The molecule has 6 aromatic rings. The molecule has 124 valence electrons. The van der Waals surface area contributed by atoms with Crippen molar-refractivity contribution < 1.29 is 8.78 Å². The van der Waals surface area contributed by atoms with Crippen LogP contribution in [0.25, 0.3) is 52.8 Å². The third-order valence-electron chi connectivity index (χ3n) is 5.13. The summed E-state index contributed by atoms with van der Waals surface area (Å²) >= 11 is 1.68. The molecule has 2 aromatic heterocycles. The highest BCUT2D eigenvalue weighted by Gasteiger charge is 2.13. The lowest BCUT2D eigenvalue weighted by atomic mass is 10.0. The van der Waals surface area contributed by atoms with E-state index in [1.807, 2.05) is 12.1 Å². The molecule has 4 heteroatoms. The van der Waals surface area contributed by atoms with Crippen LogP contribution in [0, 0.1) is 11.6 Å². The zero-order valence-corrected chi connectivity index (χ0v) is 14.3. The summed E-state index contributed by atoms with van der Waals surface area (Å²) in [4.78, 5) is 3.43. The van der Waals surface area contributed by atoms with Crippen molar-refractivity contribution in [2.45, 2.75) is 0 Å². The fourth-order valence-electron chi connectivity index (χ4n) is 3.95. The predicted octanol–water partition coefficient (Wildman–Crippen LogP) is 7.12. The first-order valence-corrected chi connectivity index (χ1v) is 9.15. The Morgan fingerprint density at radius 1 is 0.615 bits per heavy atom. The molecular weight excluding hydrogens is 348 g/mol. The Hall–Kier alpha value is -2.98. The standard InChI is InChI=1S/C22H11F2NS/c23-11-1-7-19-17(9-11)14-4-5-15-13(21(14)25-19)3-6-16-18-10-12(24)2-8-20(18)26-22(15)16/h1-10,25H. The van der Waals surface area contributed by atoms with Crippen molar-refractivity contribution in [2.75, 3.05) is 0 Å². The number of aromatic amines is 1. The third kappa shape index (κ3) is 1.77. The fourth-order valence-corrected chi connectivity index (χ4v) is 5.16. The van der Waals surface area contributed by atoms with Gasteiger partial charge in [-0.15, -0.1) is 11.3 Å². The summed E-state index contributed by atoms with van der Waals surface area (Å²) in [6.07, 6.45) is 0. The molecule has 6 rings (SSSR count). The van der Waals surface area contributed by atoms with Crippen LogP contribution in [0.3, 0.4) is 0 Å². The predicted molar refractivity (Wildman–Crippen MR) is 106 cm³/mol. The lowest BCUT2D eigenvalue weighted by molar-refractivity contribution is 0.629. The Kier molecular flexibility index (Phi) is 2.62. The molecule has 26 heavy (non-hydrogen) atoms. The van der Waals surface area contributed by atoms with Crippen LogP contribution in [-0.2, 0) is 0 Å². The second-order valence-electron chi connectivity index (χ2n) is 6.58. The highest BCUT2D eigenvalue weighted by molar-refractivity contribution is 7.26. The monoisotopic (exact) mass is 359 g/mol. The molecule has 0 unspecified atom stereocenters. The van der Waals surface area contributed by atoms with Crippen molar-refractivity contribution in [1.29, 1.82) is 0 Å². The Bertz CT molecular complexity index is 1390. The maximum absolute atomic E-state index is 13.7. The topological polar surface area (TPSA) is 15.8 Å². The van der Waals surface area contributed by atoms with Crippen molar-refractivity contribution in [3.63, 3.8) is 0 Å². The molecule has 0 amide bonds. The van der Waals surface area contributed by atoms with E-state index < -0.39 is 0 Å². The molecule has 0 bridgehead atoms.